The van der Waals surface area contributed by atoms with Gasteiger partial charge in [-0.2, -0.15) is 0 Å². The van der Waals surface area contributed by atoms with Gasteiger partial charge in [0.2, 0.25) is 0 Å². The van der Waals surface area contributed by atoms with Gasteiger partial charge in [-0.05, 0) is 36.2 Å². The fourth-order valence-electron chi connectivity index (χ4n) is 3.48. The Morgan fingerprint density at radius 1 is 0.517 bits per heavy atom. The van der Waals surface area contributed by atoms with E-state index < -0.39 is 7.92 Å². The number of hydrogen-bond acceptors (Lipinski definition) is 0. The summed E-state index contributed by atoms with van der Waals surface area (Å²) in [6, 6.07) is 37.7. The molecule has 4 aromatic carbocycles. The van der Waals surface area contributed by atoms with Gasteiger partial charge in [0, 0.05) is 21.3 Å². The van der Waals surface area contributed by atoms with E-state index in [1.807, 2.05) is 24.3 Å². The Hall–Kier alpha value is -2.15. The maximum Gasteiger partial charge on any atom is 0.0462 e. The van der Waals surface area contributed by atoms with Crippen molar-refractivity contribution < 1.29 is 5.48 Å². The van der Waals surface area contributed by atoms with Crippen LogP contribution in [0.25, 0.3) is 0 Å². The molecule has 0 spiro atoms. The molecule has 4 aromatic rings. The lowest BCUT2D eigenvalue weighted by Crippen LogP contribution is -2.18. The van der Waals surface area contributed by atoms with E-state index in [9.17, 15) is 0 Å². The van der Waals surface area contributed by atoms with Crippen LogP contribution in [-0.2, 0) is 0 Å². The fraction of sp³-hybridized carbons (Fsp3) is 0.0400. The van der Waals surface area contributed by atoms with Crippen LogP contribution in [0, 0.1) is 0 Å². The quantitative estimate of drug-likeness (QED) is 0.323. The summed E-state index contributed by atoms with van der Waals surface area (Å²) >= 11 is 13.4. The molecule has 1 atom stereocenters. The van der Waals surface area contributed by atoms with Crippen molar-refractivity contribution in [3.8, 4) is 0 Å². The van der Waals surface area contributed by atoms with Crippen LogP contribution in [0.15, 0.2) is 109 Å². The van der Waals surface area contributed by atoms with Crippen molar-refractivity contribution in [2.24, 2.45) is 0 Å². The molecule has 0 saturated carbocycles. The molecule has 0 fully saturated rings. The molecule has 0 aliphatic carbocycles. The van der Waals surface area contributed by atoms with E-state index in [1.54, 1.807) is 0 Å². The largest absolute Gasteiger partial charge is 0.412 e. The zero-order chi connectivity index (χ0) is 19.3. The highest BCUT2D eigenvalue weighted by Gasteiger charge is 2.30. The highest BCUT2D eigenvalue weighted by molar-refractivity contribution is 7.73. The van der Waals surface area contributed by atoms with Crippen molar-refractivity contribution in [3.63, 3.8) is 0 Å². The summed E-state index contributed by atoms with van der Waals surface area (Å²) in [4.78, 5) is 0. The maximum absolute atomic E-state index is 6.72. The Labute approximate surface area is 183 Å². The summed E-state index contributed by atoms with van der Waals surface area (Å²) in [5, 5.41) is 4.02. The predicted octanol–water partition coefficient (Wildman–Crippen LogP) is 6.39. The molecule has 0 saturated heterocycles. The number of benzene rings is 4. The summed E-state index contributed by atoms with van der Waals surface area (Å²) < 4.78 is 0. The minimum Gasteiger partial charge on any atom is -0.412 e. The van der Waals surface area contributed by atoms with E-state index in [0.717, 1.165) is 5.56 Å². The Morgan fingerprint density at radius 3 is 1.38 bits per heavy atom. The van der Waals surface area contributed by atoms with Crippen LogP contribution in [0.1, 0.15) is 16.8 Å². The molecular formula is C25H21Cl2OP. The van der Waals surface area contributed by atoms with Gasteiger partial charge in [0.05, 0.1) is 0 Å². The number of halogens is 2. The van der Waals surface area contributed by atoms with Gasteiger partial charge < -0.3 is 5.48 Å². The van der Waals surface area contributed by atoms with E-state index >= 15 is 0 Å². The Bertz CT molecular complexity index is 980. The first kappa shape index (κ1) is 21.6. The normalized spacial score (nSPS) is 11.7. The third kappa shape index (κ3) is 4.71. The van der Waals surface area contributed by atoms with Crippen molar-refractivity contribution in [1.29, 1.82) is 0 Å². The molecular weight excluding hydrogens is 418 g/mol. The monoisotopic (exact) mass is 438 g/mol. The smallest absolute Gasteiger partial charge is 0.0462 e. The molecule has 4 heteroatoms. The lowest BCUT2D eigenvalue weighted by Gasteiger charge is -2.31. The van der Waals surface area contributed by atoms with Crippen LogP contribution in [0.3, 0.4) is 0 Å². The molecule has 146 valence electrons. The average Bonchev–Trinajstić information content (AvgIpc) is 2.75. The highest BCUT2D eigenvalue weighted by Crippen LogP contribution is 2.56. The van der Waals surface area contributed by atoms with E-state index in [-0.39, 0.29) is 11.1 Å². The minimum atomic E-state index is -0.768. The topological polar surface area (TPSA) is 31.5 Å². The second-order valence-electron chi connectivity index (χ2n) is 6.49. The lowest BCUT2D eigenvalue weighted by atomic mass is 10.0. The molecule has 2 N–H and O–H groups in total. The average molecular weight is 439 g/mol. The van der Waals surface area contributed by atoms with Crippen molar-refractivity contribution in [3.05, 3.63) is 130 Å². The molecule has 1 nitrogen and oxygen atoms in total. The summed E-state index contributed by atoms with van der Waals surface area (Å²) in [5.74, 6) is 0. The van der Waals surface area contributed by atoms with Crippen molar-refractivity contribution in [2.45, 2.75) is 5.66 Å². The SMILES string of the molecule is Clc1cccc(Cl)c1C(c1ccccc1)P(c1ccccc1)c1ccccc1.O. The summed E-state index contributed by atoms with van der Waals surface area (Å²) in [6.45, 7) is 0. The van der Waals surface area contributed by atoms with Crippen LogP contribution >= 0.6 is 31.1 Å². The van der Waals surface area contributed by atoms with Crippen LogP contribution < -0.4 is 10.6 Å². The zero-order valence-electron chi connectivity index (χ0n) is 15.7. The van der Waals surface area contributed by atoms with E-state index in [2.05, 4.69) is 84.9 Å². The second-order valence-corrected chi connectivity index (χ2v) is 9.59. The molecule has 29 heavy (non-hydrogen) atoms. The van der Waals surface area contributed by atoms with Gasteiger partial charge in [-0.15, -0.1) is 0 Å². The maximum atomic E-state index is 6.72. The lowest BCUT2D eigenvalue weighted by molar-refractivity contribution is 0.824. The van der Waals surface area contributed by atoms with Gasteiger partial charge in [0.15, 0.2) is 0 Å². The highest BCUT2D eigenvalue weighted by atomic mass is 35.5. The summed E-state index contributed by atoms with van der Waals surface area (Å²) in [6.07, 6.45) is 0. The molecule has 0 aliphatic heterocycles. The molecule has 0 radical (unpaired) electrons. The van der Waals surface area contributed by atoms with Crippen molar-refractivity contribution in [2.75, 3.05) is 0 Å². The second kappa shape index (κ2) is 10.1. The first-order valence-corrected chi connectivity index (χ1v) is 11.3. The van der Waals surface area contributed by atoms with Gasteiger partial charge in [-0.3, -0.25) is 0 Å². The van der Waals surface area contributed by atoms with Gasteiger partial charge in [0.1, 0.15) is 0 Å². The van der Waals surface area contributed by atoms with Gasteiger partial charge in [0.25, 0.3) is 0 Å². The summed E-state index contributed by atoms with van der Waals surface area (Å²) in [5.41, 5.74) is 2.27. The Kier molecular flexibility index (Phi) is 7.47. The van der Waals surface area contributed by atoms with Crippen molar-refractivity contribution >= 4 is 41.7 Å². The number of rotatable bonds is 5. The Balaban J connectivity index is 0.00000240. The van der Waals surface area contributed by atoms with Crippen LogP contribution in [-0.4, -0.2) is 5.48 Å². The first-order chi connectivity index (χ1) is 13.8. The molecule has 4 rings (SSSR count). The number of hydrogen-bond donors (Lipinski definition) is 0. The van der Waals surface area contributed by atoms with E-state index in [1.165, 1.54) is 16.2 Å². The van der Waals surface area contributed by atoms with Crippen molar-refractivity contribution in [1.82, 2.24) is 0 Å². The molecule has 0 aliphatic rings. The minimum absolute atomic E-state index is 0. The van der Waals surface area contributed by atoms with Gasteiger partial charge in [-0.1, -0.05) is 120 Å². The standard InChI is InChI=1S/C25H19Cl2P.H2O/c26-22-17-10-18-23(27)24(22)25(19-11-4-1-5-12-19)28(20-13-6-2-7-14-20)21-15-8-3-9-16-21;/h1-18,25H;1H2. The molecule has 0 amide bonds. The van der Waals surface area contributed by atoms with E-state index in [0.29, 0.717) is 10.0 Å². The first-order valence-electron chi connectivity index (χ1n) is 9.14. The molecule has 0 bridgehead atoms. The van der Waals surface area contributed by atoms with E-state index in [4.69, 9.17) is 23.2 Å². The van der Waals surface area contributed by atoms with Crippen LogP contribution in [0.2, 0.25) is 10.0 Å². The fourth-order valence-corrected chi connectivity index (χ4v) is 7.13. The third-order valence-corrected chi connectivity index (χ3v) is 8.16. The predicted molar refractivity (Wildman–Crippen MR) is 127 cm³/mol. The Morgan fingerprint density at radius 2 is 0.931 bits per heavy atom. The van der Waals surface area contributed by atoms with Gasteiger partial charge in [-0.25, -0.2) is 0 Å². The molecule has 1 unspecified atom stereocenters. The van der Waals surface area contributed by atoms with Crippen LogP contribution in [0.4, 0.5) is 0 Å². The molecule has 0 heterocycles. The zero-order valence-corrected chi connectivity index (χ0v) is 18.1. The summed E-state index contributed by atoms with van der Waals surface area (Å²) in [7, 11) is -0.768. The molecule has 0 aromatic heterocycles. The van der Waals surface area contributed by atoms with Crippen LogP contribution in [0.5, 0.6) is 0 Å². The van der Waals surface area contributed by atoms with Gasteiger partial charge >= 0.3 is 0 Å². The third-order valence-electron chi connectivity index (χ3n) is 4.72.